The Morgan fingerprint density at radius 3 is 2.60 bits per heavy atom. The van der Waals surface area contributed by atoms with Crippen molar-refractivity contribution in [3.8, 4) is 5.75 Å². The molecule has 0 aliphatic carbocycles. The Labute approximate surface area is 117 Å². The molecule has 2 aromatic rings. The van der Waals surface area contributed by atoms with Crippen molar-refractivity contribution in [1.29, 1.82) is 0 Å². The topological polar surface area (TPSA) is 77.2 Å². The molecule has 0 radical (unpaired) electrons. The number of amides is 1. The SMILES string of the molecule is Cc1ccc(NC(=O)COc2ccc(CN)cc2)nc1. The van der Waals surface area contributed by atoms with E-state index in [2.05, 4.69) is 10.3 Å². The third-order valence-electron chi connectivity index (χ3n) is 2.71. The van der Waals surface area contributed by atoms with E-state index in [-0.39, 0.29) is 12.5 Å². The number of benzene rings is 1. The maximum Gasteiger partial charge on any atom is 0.263 e. The summed E-state index contributed by atoms with van der Waals surface area (Å²) in [6, 6.07) is 11.0. The van der Waals surface area contributed by atoms with Gasteiger partial charge in [0, 0.05) is 12.7 Å². The number of aromatic nitrogens is 1. The van der Waals surface area contributed by atoms with Crippen molar-refractivity contribution in [2.45, 2.75) is 13.5 Å². The summed E-state index contributed by atoms with van der Waals surface area (Å²) in [4.78, 5) is 15.8. The average Bonchev–Trinajstić information content (AvgIpc) is 2.48. The number of nitrogens with two attached hydrogens (primary N) is 1. The molecular weight excluding hydrogens is 254 g/mol. The van der Waals surface area contributed by atoms with Crippen molar-refractivity contribution in [2.75, 3.05) is 11.9 Å². The summed E-state index contributed by atoms with van der Waals surface area (Å²) in [5.41, 5.74) is 7.57. The van der Waals surface area contributed by atoms with Crippen LogP contribution in [0.2, 0.25) is 0 Å². The Balaban J connectivity index is 1.83. The van der Waals surface area contributed by atoms with E-state index in [0.29, 0.717) is 18.1 Å². The molecule has 2 rings (SSSR count). The van der Waals surface area contributed by atoms with Gasteiger partial charge in [0.1, 0.15) is 11.6 Å². The largest absolute Gasteiger partial charge is 0.484 e. The van der Waals surface area contributed by atoms with Crippen molar-refractivity contribution in [2.24, 2.45) is 5.73 Å². The lowest BCUT2D eigenvalue weighted by atomic mass is 10.2. The van der Waals surface area contributed by atoms with E-state index in [1.54, 1.807) is 24.4 Å². The molecule has 3 N–H and O–H groups in total. The van der Waals surface area contributed by atoms with Gasteiger partial charge in [-0.2, -0.15) is 0 Å². The number of hydrogen-bond acceptors (Lipinski definition) is 4. The van der Waals surface area contributed by atoms with Gasteiger partial charge >= 0.3 is 0 Å². The Morgan fingerprint density at radius 2 is 2.00 bits per heavy atom. The summed E-state index contributed by atoms with van der Waals surface area (Å²) in [7, 11) is 0. The Morgan fingerprint density at radius 1 is 1.25 bits per heavy atom. The second-order valence-corrected chi connectivity index (χ2v) is 4.41. The van der Waals surface area contributed by atoms with Crippen LogP contribution in [0.1, 0.15) is 11.1 Å². The maximum absolute atomic E-state index is 11.7. The molecule has 1 aromatic carbocycles. The molecular formula is C15H17N3O2. The van der Waals surface area contributed by atoms with Gasteiger partial charge in [0.25, 0.3) is 5.91 Å². The van der Waals surface area contributed by atoms with Gasteiger partial charge in [-0.3, -0.25) is 4.79 Å². The first kappa shape index (κ1) is 14.0. The van der Waals surface area contributed by atoms with Crippen LogP contribution in [0, 0.1) is 6.92 Å². The molecule has 0 saturated carbocycles. The van der Waals surface area contributed by atoms with Crippen LogP contribution in [-0.2, 0) is 11.3 Å². The molecule has 0 spiro atoms. The number of hydrogen-bond donors (Lipinski definition) is 2. The maximum atomic E-state index is 11.7. The van der Waals surface area contributed by atoms with Crippen molar-refractivity contribution < 1.29 is 9.53 Å². The van der Waals surface area contributed by atoms with Crippen molar-refractivity contribution in [1.82, 2.24) is 4.98 Å². The zero-order valence-electron chi connectivity index (χ0n) is 11.3. The third-order valence-corrected chi connectivity index (χ3v) is 2.71. The first-order valence-electron chi connectivity index (χ1n) is 6.31. The van der Waals surface area contributed by atoms with Crippen molar-refractivity contribution in [3.63, 3.8) is 0 Å². The standard InChI is InChI=1S/C15H17N3O2/c1-11-2-7-14(17-9-11)18-15(19)10-20-13-5-3-12(8-16)4-6-13/h2-7,9H,8,10,16H2,1H3,(H,17,18,19). The number of rotatable bonds is 5. The quantitative estimate of drug-likeness (QED) is 0.870. The second kappa shape index (κ2) is 6.68. The highest BCUT2D eigenvalue weighted by Crippen LogP contribution is 2.12. The highest BCUT2D eigenvalue weighted by Gasteiger charge is 2.04. The average molecular weight is 271 g/mol. The zero-order valence-corrected chi connectivity index (χ0v) is 11.3. The Kier molecular flexibility index (Phi) is 4.68. The lowest BCUT2D eigenvalue weighted by molar-refractivity contribution is -0.118. The van der Waals surface area contributed by atoms with E-state index in [1.807, 2.05) is 25.1 Å². The smallest absolute Gasteiger partial charge is 0.263 e. The predicted octanol–water partition coefficient (Wildman–Crippen LogP) is 1.87. The van der Waals surface area contributed by atoms with Crippen LogP contribution in [0.15, 0.2) is 42.6 Å². The lowest BCUT2D eigenvalue weighted by Crippen LogP contribution is -2.20. The summed E-state index contributed by atoms with van der Waals surface area (Å²) >= 11 is 0. The van der Waals surface area contributed by atoms with E-state index in [1.165, 1.54) is 0 Å². The first-order chi connectivity index (χ1) is 9.67. The van der Waals surface area contributed by atoms with Gasteiger partial charge < -0.3 is 15.8 Å². The molecule has 1 amide bonds. The molecule has 0 unspecified atom stereocenters. The van der Waals surface area contributed by atoms with E-state index < -0.39 is 0 Å². The van der Waals surface area contributed by atoms with Crippen molar-refractivity contribution in [3.05, 3.63) is 53.7 Å². The molecule has 0 aliphatic rings. The number of carbonyl (C=O) groups excluding carboxylic acids is 1. The summed E-state index contributed by atoms with van der Waals surface area (Å²) in [6.07, 6.45) is 1.70. The fraction of sp³-hybridized carbons (Fsp3) is 0.200. The molecule has 0 bridgehead atoms. The van der Waals surface area contributed by atoms with Gasteiger partial charge in [0.2, 0.25) is 0 Å². The number of ether oxygens (including phenoxy) is 1. The van der Waals surface area contributed by atoms with Crippen LogP contribution in [-0.4, -0.2) is 17.5 Å². The van der Waals surface area contributed by atoms with Crippen LogP contribution in [0.3, 0.4) is 0 Å². The zero-order chi connectivity index (χ0) is 14.4. The third kappa shape index (κ3) is 4.07. The van der Waals surface area contributed by atoms with Crippen LogP contribution in [0.25, 0.3) is 0 Å². The summed E-state index contributed by atoms with van der Waals surface area (Å²) in [6.45, 7) is 2.37. The van der Waals surface area contributed by atoms with Crippen LogP contribution in [0.4, 0.5) is 5.82 Å². The minimum atomic E-state index is -0.246. The van der Waals surface area contributed by atoms with E-state index in [9.17, 15) is 4.79 Å². The van der Waals surface area contributed by atoms with E-state index >= 15 is 0 Å². The first-order valence-corrected chi connectivity index (χ1v) is 6.31. The second-order valence-electron chi connectivity index (χ2n) is 4.41. The molecule has 0 fully saturated rings. The minimum Gasteiger partial charge on any atom is -0.484 e. The normalized spacial score (nSPS) is 10.1. The number of carbonyl (C=O) groups is 1. The summed E-state index contributed by atoms with van der Waals surface area (Å²) in [5, 5.41) is 2.67. The van der Waals surface area contributed by atoms with Gasteiger partial charge in [-0.25, -0.2) is 4.98 Å². The van der Waals surface area contributed by atoms with Crippen LogP contribution in [0.5, 0.6) is 5.75 Å². The Hall–Kier alpha value is -2.40. The monoisotopic (exact) mass is 271 g/mol. The predicted molar refractivity (Wildman–Crippen MR) is 77.4 cm³/mol. The molecule has 0 saturated heterocycles. The molecule has 0 aliphatic heterocycles. The van der Waals surface area contributed by atoms with Gasteiger partial charge in [-0.1, -0.05) is 18.2 Å². The fourth-order valence-electron chi connectivity index (χ4n) is 1.59. The van der Waals surface area contributed by atoms with Crippen molar-refractivity contribution >= 4 is 11.7 Å². The lowest BCUT2D eigenvalue weighted by Gasteiger charge is -2.07. The van der Waals surface area contributed by atoms with Gasteiger partial charge in [-0.05, 0) is 36.2 Å². The highest BCUT2D eigenvalue weighted by molar-refractivity contribution is 5.90. The van der Waals surface area contributed by atoms with Gasteiger partial charge in [0.05, 0.1) is 0 Å². The molecule has 1 heterocycles. The van der Waals surface area contributed by atoms with E-state index in [4.69, 9.17) is 10.5 Å². The molecule has 20 heavy (non-hydrogen) atoms. The number of aryl methyl sites for hydroxylation is 1. The van der Waals surface area contributed by atoms with Crippen LogP contribution < -0.4 is 15.8 Å². The Bertz CT molecular complexity index is 565. The van der Waals surface area contributed by atoms with E-state index in [0.717, 1.165) is 11.1 Å². The summed E-state index contributed by atoms with van der Waals surface area (Å²) in [5.74, 6) is 0.904. The van der Waals surface area contributed by atoms with Gasteiger partial charge in [-0.15, -0.1) is 0 Å². The number of nitrogens with one attached hydrogen (secondary N) is 1. The molecule has 5 heteroatoms. The van der Waals surface area contributed by atoms with Crippen LogP contribution >= 0.6 is 0 Å². The fourth-order valence-corrected chi connectivity index (χ4v) is 1.59. The molecule has 1 aromatic heterocycles. The summed E-state index contributed by atoms with van der Waals surface area (Å²) < 4.78 is 5.38. The number of anilines is 1. The highest BCUT2D eigenvalue weighted by atomic mass is 16.5. The molecule has 104 valence electrons. The number of nitrogens with zero attached hydrogens (tertiary/aromatic N) is 1. The minimum absolute atomic E-state index is 0.0580. The molecule has 0 atom stereocenters. The van der Waals surface area contributed by atoms with Gasteiger partial charge in [0.15, 0.2) is 6.61 Å². The number of pyridine rings is 1. The molecule has 5 nitrogen and oxygen atoms in total.